The first-order valence-electron chi connectivity index (χ1n) is 6.92. The molecule has 3 aromatic rings. The van der Waals surface area contributed by atoms with Gasteiger partial charge in [-0.1, -0.05) is 6.07 Å². The van der Waals surface area contributed by atoms with Gasteiger partial charge in [0.2, 0.25) is 0 Å². The van der Waals surface area contributed by atoms with E-state index in [2.05, 4.69) is 5.10 Å². The van der Waals surface area contributed by atoms with Gasteiger partial charge in [0.15, 0.2) is 0 Å². The van der Waals surface area contributed by atoms with Crippen molar-refractivity contribution in [3.63, 3.8) is 0 Å². The SMILES string of the molecule is Cc1ccc(O)c(C)c1-n1nc(-c2ccsc2)c(C(N)=O)c1N. The molecule has 0 fully saturated rings. The fourth-order valence-corrected chi connectivity index (χ4v) is 3.24. The Kier molecular flexibility index (Phi) is 3.57. The summed E-state index contributed by atoms with van der Waals surface area (Å²) in [7, 11) is 0. The van der Waals surface area contributed by atoms with Crippen LogP contribution in [0.1, 0.15) is 21.5 Å². The lowest BCUT2D eigenvalue weighted by Gasteiger charge is -2.12. The third-order valence-corrected chi connectivity index (χ3v) is 4.46. The molecule has 0 atom stereocenters. The molecule has 0 radical (unpaired) electrons. The predicted molar refractivity (Wildman–Crippen MR) is 90.9 cm³/mol. The van der Waals surface area contributed by atoms with Crippen LogP contribution in [0.5, 0.6) is 5.75 Å². The molecule has 0 saturated heterocycles. The van der Waals surface area contributed by atoms with Crippen LogP contribution in [-0.2, 0) is 0 Å². The summed E-state index contributed by atoms with van der Waals surface area (Å²) in [6.07, 6.45) is 0. The number of carbonyl (C=O) groups is 1. The molecule has 0 saturated carbocycles. The number of nitrogens with zero attached hydrogens (tertiary/aromatic N) is 2. The van der Waals surface area contributed by atoms with Gasteiger partial charge in [-0.3, -0.25) is 4.79 Å². The van der Waals surface area contributed by atoms with Crippen LogP contribution in [0.15, 0.2) is 29.0 Å². The van der Waals surface area contributed by atoms with Crippen molar-refractivity contribution in [2.75, 3.05) is 5.73 Å². The zero-order valence-electron chi connectivity index (χ0n) is 12.7. The number of aromatic nitrogens is 2. The Balaban J connectivity index is 2.33. The van der Waals surface area contributed by atoms with E-state index in [9.17, 15) is 9.90 Å². The van der Waals surface area contributed by atoms with Gasteiger partial charge in [0.25, 0.3) is 5.91 Å². The van der Waals surface area contributed by atoms with Gasteiger partial charge in [-0.2, -0.15) is 16.4 Å². The minimum Gasteiger partial charge on any atom is -0.508 e. The van der Waals surface area contributed by atoms with Gasteiger partial charge in [0.05, 0.1) is 5.69 Å². The maximum absolute atomic E-state index is 11.9. The second-order valence-corrected chi connectivity index (χ2v) is 6.05. The summed E-state index contributed by atoms with van der Waals surface area (Å²) < 4.78 is 1.47. The van der Waals surface area contributed by atoms with Gasteiger partial charge in [-0.05, 0) is 36.9 Å². The number of aromatic hydroxyl groups is 1. The number of hydrogen-bond donors (Lipinski definition) is 3. The van der Waals surface area contributed by atoms with Gasteiger partial charge in [-0.25, -0.2) is 4.68 Å². The van der Waals surface area contributed by atoms with E-state index in [0.29, 0.717) is 16.9 Å². The number of benzene rings is 1. The zero-order chi connectivity index (χ0) is 16.7. The number of amides is 1. The van der Waals surface area contributed by atoms with E-state index in [4.69, 9.17) is 11.5 Å². The molecule has 1 aromatic carbocycles. The van der Waals surface area contributed by atoms with Crippen molar-refractivity contribution >= 4 is 23.1 Å². The molecular weight excluding hydrogens is 312 g/mol. The van der Waals surface area contributed by atoms with Crippen molar-refractivity contribution < 1.29 is 9.90 Å². The number of thiophene rings is 1. The van der Waals surface area contributed by atoms with E-state index in [0.717, 1.165) is 11.1 Å². The molecule has 7 heteroatoms. The Labute approximate surface area is 137 Å². The number of aryl methyl sites for hydroxylation is 1. The first-order chi connectivity index (χ1) is 10.9. The van der Waals surface area contributed by atoms with E-state index in [1.54, 1.807) is 19.1 Å². The predicted octanol–water partition coefficient (Wildman–Crippen LogP) is 2.60. The minimum absolute atomic E-state index is 0.137. The van der Waals surface area contributed by atoms with Gasteiger partial charge in [-0.15, -0.1) is 0 Å². The van der Waals surface area contributed by atoms with Gasteiger partial charge in [0, 0.05) is 16.5 Å². The van der Waals surface area contributed by atoms with Crippen LogP contribution in [0.2, 0.25) is 0 Å². The number of hydrogen-bond acceptors (Lipinski definition) is 5. The van der Waals surface area contributed by atoms with Gasteiger partial charge in [0.1, 0.15) is 22.8 Å². The molecule has 0 unspecified atom stereocenters. The van der Waals surface area contributed by atoms with Crippen LogP contribution >= 0.6 is 11.3 Å². The maximum atomic E-state index is 11.9. The van der Waals surface area contributed by atoms with Crippen LogP contribution in [0.4, 0.5) is 5.82 Å². The number of phenols is 1. The highest BCUT2D eigenvalue weighted by atomic mass is 32.1. The Bertz CT molecular complexity index is 897. The van der Waals surface area contributed by atoms with Crippen molar-refractivity contribution in [2.45, 2.75) is 13.8 Å². The number of carbonyl (C=O) groups excluding carboxylic acids is 1. The average Bonchev–Trinajstić information content (AvgIpc) is 3.12. The van der Waals surface area contributed by atoms with Crippen molar-refractivity contribution in [1.82, 2.24) is 9.78 Å². The molecule has 6 nitrogen and oxygen atoms in total. The Hall–Kier alpha value is -2.80. The zero-order valence-corrected chi connectivity index (χ0v) is 13.5. The largest absolute Gasteiger partial charge is 0.508 e. The normalized spacial score (nSPS) is 10.9. The molecule has 0 aliphatic carbocycles. The second-order valence-electron chi connectivity index (χ2n) is 5.27. The standard InChI is InChI=1S/C16H16N4O2S/c1-8-3-4-11(21)9(2)14(8)20-15(17)12(16(18)22)13(19-20)10-5-6-23-7-10/h3-7,21H,17H2,1-2H3,(H2,18,22). The van der Waals surface area contributed by atoms with Crippen LogP contribution in [-0.4, -0.2) is 20.8 Å². The smallest absolute Gasteiger partial charge is 0.254 e. The molecule has 0 aliphatic rings. The molecular formula is C16H16N4O2S. The fourth-order valence-electron chi connectivity index (χ4n) is 2.60. The molecule has 23 heavy (non-hydrogen) atoms. The summed E-state index contributed by atoms with van der Waals surface area (Å²) in [5.41, 5.74) is 15.2. The molecule has 118 valence electrons. The van der Waals surface area contributed by atoms with Crippen LogP contribution in [0, 0.1) is 13.8 Å². The lowest BCUT2D eigenvalue weighted by Crippen LogP contribution is -2.14. The molecule has 0 bridgehead atoms. The third kappa shape index (κ3) is 2.35. The van der Waals surface area contributed by atoms with E-state index in [-0.39, 0.29) is 17.1 Å². The first kappa shape index (κ1) is 15.1. The number of anilines is 1. The Morgan fingerprint density at radius 2 is 2.04 bits per heavy atom. The first-order valence-corrected chi connectivity index (χ1v) is 7.86. The topological polar surface area (TPSA) is 107 Å². The summed E-state index contributed by atoms with van der Waals surface area (Å²) in [6, 6.07) is 5.24. The molecule has 2 heterocycles. The van der Waals surface area contributed by atoms with E-state index < -0.39 is 5.91 Å². The van der Waals surface area contributed by atoms with E-state index in [1.807, 2.05) is 23.8 Å². The van der Waals surface area contributed by atoms with E-state index in [1.165, 1.54) is 16.0 Å². The summed E-state index contributed by atoms with van der Waals surface area (Å²) in [6.45, 7) is 3.66. The molecule has 1 amide bonds. The van der Waals surface area contributed by atoms with Crippen molar-refractivity contribution in [1.29, 1.82) is 0 Å². The molecule has 5 N–H and O–H groups in total. The second kappa shape index (κ2) is 5.44. The summed E-state index contributed by atoms with van der Waals surface area (Å²) in [5.74, 6) is -0.334. The number of nitrogens with two attached hydrogens (primary N) is 2. The summed E-state index contributed by atoms with van der Waals surface area (Å²) in [4.78, 5) is 11.9. The molecule has 3 rings (SSSR count). The third-order valence-electron chi connectivity index (χ3n) is 3.78. The molecule has 2 aromatic heterocycles. The quantitative estimate of drug-likeness (QED) is 0.687. The summed E-state index contributed by atoms with van der Waals surface area (Å²) in [5, 5.41) is 18.2. The van der Waals surface area contributed by atoms with Gasteiger partial charge >= 0.3 is 0 Å². The lowest BCUT2D eigenvalue weighted by molar-refractivity contribution is 0.100. The lowest BCUT2D eigenvalue weighted by atomic mass is 10.1. The summed E-state index contributed by atoms with van der Waals surface area (Å²) >= 11 is 1.49. The van der Waals surface area contributed by atoms with Crippen molar-refractivity contribution in [3.05, 3.63) is 45.6 Å². The molecule has 0 aliphatic heterocycles. The van der Waals surface area contributed by atoms with Crippen molar-refractivity contribution in [2.24, 2.45) is 5.73 Å². The van der Waals surface area contributed by atoms with Crippen LogP contribution < -0.4 is 11.5 Å². The maximum Gasteiger partial charge on any atom is 0.254 e. The van der Waals surface area contributed by atoms with E-state index >= 15 is 0 Å². The van der Waals surface area contributed by atoms with Gasteiger partial charge < -0.3 is 16.6 Å². The fraction of sp³-hybridized carbons (Fsp3) is 0.125. The van der Waals surface area contributed by atoms with Crippen molar-refractivity contribution in [3.8, 4) is 22.7 Å². The number of primary amides is 1. The highest BCUT2D eigenvalue weighted by Gasteiger charge is 2.24. The Morgan fingerprint density at radius 1 is 1.30 bits per heavy atom. The number of rotatable bonds is 3. The van der Waals surface area contributed by atoms with Crippen LogP contribution in [0.25, 0.3) is 16.9 Å². The minimum atomic E-state index is -0.634. The average molecular weight is 328 g/mol. The van der Waals surface area contributed by atoms with Crippen LogP contribution in [0.3, 0.4) is 0 Å². The number of phenolic OH excluding ortho intramolecular Hbond substituents is 1. The monoisotopic (exact) mass is 328 g/mol. The highest BCUT2D eigenvalue weighted by molar-refractivity contribution is 7.08. The Morgan fingerprint density at radius 3 is 2.65 bits per heavy atom. The number of nitrogen functional groups attached to an aromatic ring is 1. The molecule has 0 spiro atoms. The highest BCUT2D eigenvalue weighted by Crippen LogP contribution is 2.34.